The van der Waals surface area contributed by atoms with Gasteiger partial charge in [0.15, 0.2) is 5.13 Å². The molecule has 124 valence electrons. The lowest BCUT2D eigenvalue weighted by molar-refractivity contribution is 0.160. The molecule has 0 spiro atoms. The molecule has 22 heavy (non-hydrogen) atoms. The molecule has 0 aromatic carbocycles. The number of carbonyl (C=O) groups is 1. The van der Waals surface area contributed by atoms with Gasteiger partial charge in [-0.15, -0.1) is 0 Å². The van der Waals surface area contributed by atoms with Crippen LogP contribution in [0.1, 0.15) is 50.1 Å². The summed E-state index contributed by atoms with van der Waals surface area (Å²) in [6, 6.07) is 0. The Kier molecular flexibility index (Phi) is 6.64. The molecule has 0 aliphatic carbocycles. The highest BCUT2D eigenvalue weighted by Crippen LogP contribution is 2.26. The third kappa shape index (κ3) is 5.25. The molecular weight excluding hydrogens is 298 g/mol. The summed E-state index contributed by atoms with van der Waals surface area (Å²) in [6.45, 7) is 10.1. The van der Waals surface area contributed by atoms with E-state index in [1.807, 2.05) is 6.92 Å². The smallest absolute Gasteiger partial charge is 0.413 e. The molecule has 0 unspecified atom stereocenters. The van der Waals surface area contributed by atoms with E-state index < -0.39 is 6.09 Å². The van der Waals surface area contributed by atoms with Gasteiger partial charge in [0.05, 0.1) is 12.3 Å². The Morgan fingerprint density at radius 3 is 2.86 bits per heavy atom. The molecule has 1 aromatic heterocycles. The van der Waals surface area contributed by atoms with E-state index >= 15 is 0 Å². The van der Waals surface area contributed by atoms with Gasteiger partial charge >= 0.3 is 6.09 Å². The summed E-state index contributed by atoms with van der Waals surface area (Å²) in [5.41, 5.74) is 1.01. The van der Waals surface area contributed by atoms with Crippen molar-refractivity contribution in [2.75, 3.05) is 25.0 Å². The summed E-state index contributed by atoms with van der Waals surface area (Å²) >= 11 is 1.56. The van der Waals surface area contributed by atoms with Crippen molar-refractivity contribution in [2.45, 2.75) is 53.0 Å². The average Bonchev–Trinajstić information content (AvgIpc) is 2.81. The lowest BCUT2D eigenvalue weighted by atomic mass is 9.99. The second kappa shape index (κ2) is 8.48. The van der Waals surface area contributed by atoms with E-state index in [1.165, 1.54) is 17.7 Å². The van der Waals surface area contributed by atoms with Gasteiger partial charge < -0.3 is 4.74 Å². The number of nitrogens with one attached hydrogen (secondary N) is 1. The number of thiazole rings is 1. The number of hydrogen-bond donors (Lipinski definition) is 1. The fourth-order valence-electron chi connectivity index (χ4n) is 2.48. The number of hydrogen-bond acceptors (Lipinski definition) is 5. The van der Waals surface area contributed by atoms with Crippen LogP contribution >= 0.6 is 11.3 Å². The predicted molar refractivity (Wildman–Crippen MR) is 90.4 cm³/mol. The van der Waals surface area contributed by atoms with Crippen LogP contribution in [0.4, 0.5) is 9.93 Å². The van der Waals surface area contributed by atoms with Crippen LogP contribution in [0.5, 0.6) is 0 Å². The average molecular weight is 325 g/mol. The Labute approximate surface area is 137 Å². The third-order valence-electron chi connectivity index (χ3n) is 4.08. The van der Waals surface area contributed by atoms with E-state index in [2.05, 4.69) is 29.0 Å². The van der Waals surface area contributed by atoms with Gasteiger partial charge in [-0.25, -0.2) is 9.78 Å². The molecule has 1 aliphatic heterocycles. The summed E-state index contributed by atoms with van der Waals surface area (Å²) in [5, 5.41) is 3.37. The highest BCUT2D eigenvalue weighted by Gasteiger charge is 2.18. The molecule has 1 fully saturated rings. The van der Waals surface area contributed by atoms with E-state index in [0.29, 0.717) is 11.7 Å². The van der Waals surface area contributed by atoms with Crippen LogP contribution in [0.25, 0.3) is 0 Å². The van der Waals surface area contributed by atoms with Crippen molar-refractivity contribution < 1.29 is 9.53 Å². The van der Waals surface area contributed by atoms with Crippen LogP contribution in [0.2, 0.25) is 0 Å². The zero-order chi connectivity index (χ0) is 15.9. The minimum atomic E-state index is -0.402. The molecule has 2 heterocycles. The van der Waals surface area contributed by atoms with Crippen molar-refractivity contribution in [2.24, 2.45) is 5.92 Å². The van der Waals surface area contributed by atoms with E-state index in [9.17, 15) is 4.79 Å². The van der Waals surface area contributed by atoms with Gasteiger partial charge in [0, 0.05) is 11.4 Å². The standard InChI is InChI=1S/C16H27N3O2S/c1-4-5-10-21-16(20)18-15-17-13(3)14(22-15)11-19-8-6-12(2)7-9-19/h12H,4-11H2,1-3H3,(H,17,18,20). The van der Waals surface area contributed by atoms with Gasteiger partial charge in [-0.05, 0) is 45.2 Å². The molecule has 1 saturated heterocycles. The van der Waals surface area contributed by atoms with Gasteiger partial charge in [-0.3, -0.25) is 10.2 Å². The lowest BCUT2D eigenvalue weighted by Crippen LogP contribution is -2.32. The van der Waals surface area contributed by atoms with Crippen LogP contribution < -0.4 is 5.32 Å². The van der Waals surface area contributed by atoms with Crippen molar-refractivity contribution in [3.05, 3.63) is 10.6 Å². The Morgan fingerprint density at radius 2 is 2.18 bits per heavy atom. The molecule has 0 radical (unpaired) electrons. The first-order valence-corrected chi connectivity index (χ1v) is 9.02. The second-order valence-electron chi connectivity index (χ2n) is 6.10. The molecule has 1 amide bonds. The minimum absolute atomic E-state index is 0.402. The minimum Gasteiger partial charge on any atom is -0.449 e. The first kappa shape index (κ1) is 17.2. The Bertz CT molecular complexity index is 482. The van der Waals surface area contributed by atoms with Gasteiger partial charge in [0.2, 0.25) is 0 Å². The summed E-state index contributed by atoms with van der Waals surface area (Å²) in [7, 11) is 0. The van der Waals surface area contributed by atoms with Gasteiger partial charge in [-0.1, -0.05) is 31.6 Å². The number of ether oxygens (including phenoxy) is 1. The highest BCUT2D eigenvalue weighted by molar-refractivity contribution is 7.15. The summed E-state index contributed by atoms with van der Waals surface area (Å²) < 4.78 is 5.10. The van der Waals surface area contributed by atoms with Crippen molar-refractivity contribution in [3.63, 3.8) is 0 Å². The fourth-order valence-corrected chi connectivity index (χ4v) is 3.47. The van der Waals surface area contributed by atoms with E-state index in [1.54, 1.807) is 11.3 Å². The molecule has 1 N–H and O–H groups in total. The summed E-state index contributed by atoms with van der Waals surface area (Å²) in [5.74, 6) is 0.842. The monoisotopic (exact) mass is 325 g/mol. The molecule has 6 heteroatoms. The molecule has 0 saturated carbocycles. The lowest BCUT2D eigenvalue weighted by Gasteiger charge is -2.29. The van der Waals surface area contributed by atoms with Crippen molar-refractivity contribution in [1.82, 2.24) is 9.88 Å². The van der Waals surface area contributed by atoms with Gasteiger partial charge in [0.25, 0.3) is 0 Å². The van der Waals surface area contributed by atoms with Crippen LogP contribution in [0.3, 0.4) is 0 Å². The second-order valence-corrected chi connectivity index (χ2v) is 7.18. The Morgan fingerprint density at radius 1 is 1.45 bits per heavy atom. The number of anilines is 1. The Balaban J connectivity index is 1.84. The highest BCUT2D eigenvalue weighted by atomic mass is 32.1. The molecule has 0 bridgehead atoms. The topological polar surface area (TPSA) is 54.5 Å². The van der Waals surface area contributed by atoms with Crippen LogP contribution in [-0.2, 0) is 11.3 Å². The zero-order valence-electron chi connectivity index (χ0n) is 13.9. The zero-order valence-corrected chi connectivity index (χ0v) is 14.7. The van der Waals surface area contributed by atoms with Crippen molar-refractivity contribution in [3.8, 4) is 0 Å². The van der Waals surface area contributed by atoms with Crippen LogP contribution in [0.15, 0.2) is 0 Å². The number of aryl methyl sites for hydroxylation is 1. The fraction of sp³-hybridized carbons (Fsp3) is 0.750. The maximum absolute atomic E-state index is 11.7. The van der Waals surface area contributed by atoms with Crippen molar-refractivity contribution >= 4 is 22.6 Å². The SMILES string of the molecule is CCCCOC(=O)Nc1nc(C)c(CN2CCC(C)CC2)s1. The Hall–Kier alpha value is -1.14. The van der Waals surface area contributed by atoms with Crippen molar-refractivity contribution in [1.29, 1.82) is 0 Å². The number of likely N-dealkylation sites (tertiary alicyclic amines) is 1. The summed E-state index contributed by atoms with van der Waals surface area (Å²) in [6.07, 6.45) is 4.05. The number of nitrogens with zero attached hydrogens (tertiary/aromatic N) is 2. The van der Waals surface area contributed by atoms with Crippen LogP contribution in [0, 0.1) is 12.8 Å². The first-order chi connectivity index (χ1) is 10.6. The largest absolute Gasteiger partial charge is 0.449 e. The number of unbranched alkanes of at least 4 members (excludes halogenated alkanes) is 1. The molecule has 2 rings (SSSR count). The quantitative estimate of drug-likeness (QED) is 0.802. The molecular formula is C16H27N3O2S. The number of aromatic nitrogens is 1. The van der Waals surface area contributed by atoms with E-state index in [4.69, 9.17) is 4.74 Å². The number of carbonyl (C=O) groups excluding carboxylic acids is 1. The van der Waals surface area contributed by atoms with E-state index in [-0.39, 0.29) is 0 Å². The third-order valence-corrected chi connectivity index (χ3v) is 5.13. The maximum Gasteiger partial charge on any atom is 0.413 e. The van der Waals surface area contributed by atoms with Crippen LogP contribution in [-0.4, -0.2) is 35.7 Å². The maximum atomic E-state index is 11.7. The number of rotatable bonds is 6. The summed E-state index contributed by atoms with van der Waals surface area (Å²) in [4.78, 5) is 19.8. The van der Waals surface area contributed by atoms with E-state index in [0.717, 1.165) is 44.1 Å². The number of piperidine rings is 1. The first-order valence-electron chi connectivity index (χ1n) is 8.21. The molecule has 1 aromatic rings. The normalized spacial score (nSPS) is 16.7. The molecule has 5 nitrogen and oxygen atoms in total. The number of amides is 1. The molecule has 0 atom stereocenters. The predicted octanol–water partition coefficient (Wildman–Crippen LogP) is 4.03. The molecule has 1 aliphatic rings. The van der Waals surface area contributed by atoms with Gasteiger partial charge in [0.1, 0.15) is 0 Å². The van der Waals surface area contributed by atoms with Gasteiger partial charge in [-0.2, -0.15) is 0 Å².